The smallest absolute Gasteiger partial charge is 0.317 e. The van der Waals surface area contributed by atoms with E-state index in [1.54, 1.807) is 14.0 Å². The molecule has 6 heteroatoms. The molecule has 0 saturated heterocycles. The van der Waals surface area contributed by atoms with E-state index in [9.17, 15) is 9.59 Å². The number of urea groups is 1. The summed E-state index contributed by atoms with van der Waals surface area (Å²) in [6, 6.07) is 7.17. The van der Waals surface area contributed by atoms with E-state index in [0.717, 1.165) is 12.0 Å². The van der Waals surface area contributed by atoms with Gasteiger partial charge in [0.1, 0.15) is 0 Å². The van der Waals surface area contributed by atoms with E-state index in [0.29, 0.717) is 16.9 Å². The number of carbonyl (C=O) groups excluding carboxylic acids is 1. The molecule has 0 bridgehead atoms. The molecule has 0 spiro atoms. The van der Waals surface area contributed by atoms with E-state index >= 15 is 0 Å². The van der Waals surface area contributed by atoms with Crippen molar-refractivity contribution in [3.63, 3.8) is 0 Å². The maximum absolute atomic E-state index is 12.4. The van der Waals surface area contributed by atoms with Crippen LogP contribution in [0.5, 0.6) is 0 Å². The molecule has 5 nitrogen and oxygen atoms in total. The highest BCUT2D eigenvalue weighted by Gasteiger charge is 2.41. The molecule has 0 aliphatic heterocycles. The fraction of sp³-hybridized carbons (Fsp3) is 0.529. The number of hydrogen-bond acceptors (Lipinski definition) is 2. The normalized spacial score (nSPS) is 22.1. The fourth-order valence-corrected chi connectivity index (χ4v) is 2.86. The first-order chi connectivity index (χ1) is 10.8. The molecule has 2 rings (SSSR count). The Morgan fingerprint density at radius 2 is 1.96 bits per heavy atom. The summed E-state index contributed by atoms with van der Waals surface area (Å²) < 4.78 is 0. The van der Waals surface area contributed by atoms with Crippen LogP contribution in [-0.2, 0) is 4.79 Å². The van der Waals surface area contributed by atoms with Crippen LogP contribution in [0.1, 0.15) is 31.9 Å². The van der Waals surface area contributed by atoms with Gasteiger partial charge in [-0.1, -0.05) is 37.6 Å². The van der Waals surface area contributed by atoms with Crippen molar-refractivity contribution in [2.45, 2.75) is 26.3 Å². The molecule has 1 aromatic rings. The molecule has 2 N–H and O–H groups in total. The molecule has 1 aliphatic rings. The molecule has 4 unspecified atom stereocenters. The van der Waals surface area contributed by atoms with Gasteiger partial charge >= 0.3 is 12.0 Å². The molecule has 2 amide bonds. The molecule has 4 atom stereocenters. The maximum atomic E-state index is 12.4. The molecule has 1 aliphatic carbocycles. The fourth-order valence-electron chi connectivity index (χ4n) is 2.74. The summed E-state index contributed by atoms with van der Waals surface area (Å²) in [6.07, 6.45) is 1.07. The second-order valence-electron chi connectivity index (χ2n) is 6.48. The Morgan fingerprint density at radius 1 is 1.39 bits per heavy atom. The zero-order valence-corrected chi connectivity index (χ0v) is 14.4. The molecule has 0 aromatic heterocycles. The minimum atomic E-state index is -0.908. The summed E-state index contributed by atoms with van der Waals surface area (Å²) in [6.45, 7) is 3.93. The molecule has 23 heavy (non-hydrogen) atoms. The van der Waals surface area contributed by atoms with Crippen LogP contribution in [0.15, 0.2) is 24.3 Å². The van der Waals surface area contributed by atoms with Gasteiger partial charge in [-0.15, -0.1) is 0 Å². The summed E-state index contributed by atoms with van der Waals surface area (Å²) in [7, 11) is 1.62. The van der Waals surface area contributed by atoms with Crippen molar-refractivity contribution in [1.82, 2.24) is 10.2 Å². The first kappa shape index (κ1) is 17.6. The molecule has 126 valence electrons. The van der Waals surface area contributed by atoms with Crippen LogP contribution in [-0.4, -0.2) is 35.6 Å². The summed E-state index contributed by atoms with van der Waals surface area (Å²) in [5, 5.41) is 12.7. The summed E-state index contributed by atoms with van der Waals surface area (Å²) in [4.78, 5) is 24.7. The van der Waals surface area contributed by atoms with Gasteiger partial charge < -0.3 is 15.3 Å². The third-order valence-electron chi connectivity index (χ3n) is 4.42. The number of rotatable bonds is 6. The molecule has 1 saturated carbocycles. The molecule has 0 heterocycles. The van der Waals surface area contributed by atoms with Crippen molar-refractivity contribution in [3.05, 3.63) is 34.9 Å². The van der Waals surface area contributed by atoms with Gasteiger partial charge in [-0.25, -0.2) is 4.79 Å². The predicted molar refractivity (Wildman–Crippen MR) is 89.4 cm³/mol. The van der Waals surface area contributed by atoms with Crippen LogP contribution < -0.4 is 5.32 Å². The number of carboxylic acids is 1. The molecular weight excluding hydrogens is 316 g/mol. The van der Waals surface area contributed by atoms with Crippen LogP contribution in [0.25, 0.3) is 0 Å². The molecule has 1 aromatic carbocycles. The number of carbonyl (C=O) groups is 2. The molecular formula is C17H23ClN2O3. The minimum Gasteiger partial charge on any atom is -0.481 e. The Hall–Kier alpha value is -1.75. The number of aliphatic carboxylic acids is 1. The second-order valence-corrected chi connectivity index (χ2v) is 6.91. The van der Waals surface area contributed by atoms with Crippen LogP contribution in [0.3, 0.4) is 0 Å². The number of nitrogens with one attached hydrogen (secondary N) is 1. The van der Waals surface area contributed by atoms with Gasteiger partial charge in [-0.2, -0.15) is 0 Å². The van der Waals surface area contributed by atoms with Gasteiger partial charge in [-0.05, 0) is 36.0 Å². The first-order valence-corrected chi connectivity index (χ1v) is 8.17. The Balaban J connectivity index is 2.04. The monoisotopic (exact) mass is 338 g/mol. The summed E-state index contributed by atoms with van der Waals surface area (Å²) in [5.74, 6) is -0.529. The Morgan fingerprint density at radius 3 is 2.43 bits per heavy atom. The maximum Gasteiger partial charge on any atom is 0.317 e. The van der Waals surface area contributed by atoms with Crippen LogP contribution in [0.2, 0.25) is 5.02 Å². The minimum absolute atomic E-state index is 0.0719. The summed E-state index contributed by atoms with van der Waals surface area (Å²) in [5.41, 5.74) is 1.02. The van der Waals surface area contributed by atoms with Gasteiger partial charge in [0.05, 0.1) is 12.0 Å². The number of benzene rings is 1. The zero-order chi connectivity index (χ0) is 17.1. The van der Waals surface area contributed by atoms with Crippen molar-refractivity contribution in [1.29, 1.82) is 0 Å². The predicted octanol–water partition coefficient (Wildman–Crippen LogP) is 3.40. The van der Waals surface area contributed by atoms with Gasteiger partial charge in [0.15, 0.2) is 0 Å². The van der Waals surface area contributed by atoms with Gasteiger partial charge in [0, 0.05) is 18.6 Å². The Kier molecular flexibility index (Phi) is 5.52. The van der Waals surface area contributed by atoms with E-state index in [-0.39, 0.29) is 18.6 Å². The highest BCUT2D eigenvalue weighted by atomic mass is 35.5. The van der Waals surface area contributed by atoms with E-state index in [1.165, 1.54) is 4.90 Å². The topological polar surface area (TPSA) is 69.6 Å². The first-order valence-electron chi connectivity index (χ1n) is 7.79. The number of hydrogen-bond donors (Lipinski definition) is 2. The van der Waals surface area contributed by atoms with Gasteiger partial charge in [-0.3, -0.25) is 4.79 Å². The highest BCUT2D eigenvalue weighted by molar-refractivity contribution is 6.30. The van der Waals surface area contributed by atoms with E-state index in [4.69, 9.17) is 16.7 Å². The second kappa shape index (κ2) is 7.21. The van der Waals surface area contributed by atoms with Gasteiger partial charge in [0.2, 0.25) is 0 Å². The number of halogens is 1. The Bertz CT molecular complexity index is 576. The molecule has 1 fully saturated rings. The van der Waals surface area contributed by atoms with E-state index in [1.807, 2.05) is 24.3 Å². The zero-order valence-electron chi connectivity index (χ0n) is 13.6. The Labute approximate surface area is 141 Å². The van der Waals surface area contributed by atoms with Crippen molar-refractivity contribution >= 4 is 23.6 Å². The number of amides is 2. The van der Waals surface area contributed by atoms with Crippen LogP contribution in [0, 0.1) is 17.8 Å². The lowest BCUT2D eigenvalue weighted by atomic mass is 10.0. The van der Waals surface area contributed by atoms with Crippen LogP contribution >= 0.6 is 11.6 Å². The number of carboxylic acid groups (broad SMARTS) is 1. The SMILES string of the molecule is CC(CN(C)C(=O)NC(c1ccc(Cl)cc1)C1CC1C)C(=O)O. The average molecular weight is 339 g/mol. The highest BCUT2D eigenvalue weighted by Crippen LogP contribution is 2.47. The lowest BCUT2D eigenvalue weighted by Gasteiger charge is -2.25. The van der Waals surface area contributed by atoms with Crippen LogP contribution in [0.4, 0.5) is 4.79 Å². The molecule has 0 radical (unpaired) electrons. The number of nitrogens with zero attached hydrogens (tertiary/aromatic N) is 1. The third kappa shape index (κ3) is 4.61. The van der Waals surface area contributed by atoms with Crippen molar-refractivity contribution in [2.75, 3.05) is 13.6 Å². The van der Waals surface area contributed by atoms with Crippen molar-refractivity contribution in [2.24, 2.45) is 17.8 Å². The van der Waals surface area contributed by atoms with Gasteiger partial charge in [0.25, 0.3) is 0 Å². The van der Waals surface area contributed by atoms with Crippen molar-refractivity contribution in [3.8, 4) is 0 Å². The average Bonchev–Trinajstić information content (AvgIpc) is 3.22. The van der Waals surface area contributed by atoms with E-state index < -0.39 is 11.9 Å². The quantitative estimate of drug-likeness (QED) is 0.835. The van der Waals surface area contributed by atoms with Crippen molar-refractivity contribution < 1.29 is 14.7 Å². The lowest BCUT2D eigenvalue weighted by molar-refractivity contribution is -0.141. The largest absolute Gasteiger partial charge is 0.481 e. The third-order valence-corrected chi connectivity index (χ3v) is 4.68. The standard InChI is InChI=1S/C17H23ClN2O3/c1-10-8-14(10)15(12-4-6-13(18)7-5-12)19-17(23)20(3)9-11(2)16(21)22/h4-7,10-11,14-15H,8-9H2,1-3H3,(H,19,23)(H,21,22). The lowest BCUT2D eigenvalue weighted by Crippen LogP contribution is -2.42. The van der Waals surface area contributed by atoms with E-state index in [2.05, 4.69) is 12.2 Å². The summed E-state index contributed by atoms with van der Waals surface area (Å²) >= 11 is 5.93.